The lowest BCUT2D eigenvalue weighted by molar-refractivity contribution is 0.0495. The third kappa shape index (κ3) is 5.27. The van der Waals surface area contributed by atoms with Gasteiger partial charge in [-0.15, -0.1) is 0 Å². The van der Waals surface area contributed by atoms with Gasteiger partial charge < -0.3 is 9.47 Å². The summed E-state index contributed by atoms with van der Waals surface area (Å²) in [7, 11) is -1.66. The fourth-order valence-electron chi connectivity index (χ4n) is 4.96. The number of nitrogens with zero attached hydrogens (tertiary/aromatic N) is 3. The molecule has 2 aromatic rings. The Kier molecular flexibility index (Phi) is 7.87. The van der Waals surface area contributed by atoms with E-state index >= 15 is 0 Å². The second kappa shape index (κ2) is 10.7. The number of rotatable bonds is 11. The molecule has 1 saturated heterocycles. The number of fused-ring (bicyclic) bond motifs is 2. The summed E-state index contributed by atoms with van der Waals surface area (Å²) in [5.74, 6) is -0.0937. The van der Waals surface area contributed by atoms with E-state index in [1.807, 2.05) is 17.8 Å². The van der Waals surface area contributed by atoms with E-state index in [9.17, 15) is 12.8 Å². The maximum atomic E-state index is 13.4. The SMILES string of the molecule is CCCCS(=O)(=O)N1CCC2=Cc3c(cnn3-c3ccc(F)cc3)C[C@]2(CCOCCOC)C1. The molecular weight excluding hydrogens is 457 g/mol. The second-order valence-electron chi connectivity index (χ2n) is 9.18. The summed E-state index contributed by atoms with van der Waals surface area (Å²) in [6.07, 6.45) is 7.64. The lowest BCUT2D eigenvalue weighted by atomic mass is 9.67. The number of unbranched alkanes of at least 4 members (excludes halogenated alkanes) is 1. The first-order valence-corrected chi connectivity index (χ1v) is 13.6. The number of hydrogen-bond donors (Lipinski definition) is 0. The Hall–Kier alpha value is -2.07. The van der Waals surface area contributed by atoms with Crippen molar-refractivity contribution in [1.29, 1.82) is 0 Å². The van der Waals surface area contributed by atoms with E-state index in [0.717, 1.165) is 29.8 Å². The highest BCUT2D eigenvalue weighted by Gasteiger charge is 2.45. The van der Waals surface area contributed by atoms with Gasteiger partial charge in [0.05, 0.1) is 36.5 Å². The van der Waals surface area contributed by atoms with Gasteiger partial charge in [-0.2, -0.15) is 5.10 Å². The number of methoxy groups -OCH3 is 1. The molecule has 0 amide bonds. The molecule has 9 heteroatoms. The molecule has 186 valence electrons. The van der Waals surface area contributed by atoms with E-state index in [4.69, 9.17) is 9.47 Å². The second-order valence-corrected chi connectivity index (χ2v) is 11.3. The zero-order valence-corrected chi connectivity index (χ0v) is 20.8. The van der Waals surface area contributed by atoms with Crippen LogP contribution in [-0.4, -0.2) is 68.3 Å². The molecule has 0 saturated carbocycles. The Balaban J connectivity index is 1.63. The van der Waals surface area contributed by atoms with Crippen LogP contribution in [0.1, 0.15) is 43.9 Å². The van der Waals surface area contributed by atoms with Crippen molar-refractivity contribution in [2.45, 2.75) is 39.0 Å². The first kappa shape index (κ1) is 25.0. The molecule has 1 atom stereocenters. The van der Waals surface area contributed by atoms with Gasteiger partial charge in [0.1, 0.15) is 5.82 Å². The van der Waals surface area contributed by atoms with Gasteiger partial charge in [-0.3, -0.25) is 0 Å². The van der Waals surface area contributed by atoms with Gasteiger partial charge >= 0.3 is 0 Å². The van der Waals surface area contributed by atoms with Crippen LogP contribution < -0.4 is 0 Å². The summed E-state index contributed by atoms with van der Waals surface area (Å²) in [4.78, 5) is 0. The molecule has 0 spiro atoms. The van der Waals surface area contributed by atoms with E-state index in [-0.39, 0.29) is 17.0 Å². The number of ether oxygens (including phenoxy) is 2. The minimum absolute atomic E-state index is 0.191. The Labute approximate surface area is 201 Å². The predicted octanol–water partition coefficient (Wildman–Crippen LogP) is 3.83. The van der Waals surface area contributed by atoms with Gasteiger partial charge in [-0.1, -0.05) is 18.9 Å². The number of aromatic nitrogens is 2. The summed E-state index contributed by atoms with van der Waals surface area (Å²) in [5.41, 5.74) is 3.77. The number of hydrogen-bond acceptors (Lipinski definition) is 5. The summed E-state index contributed by atoms with van der Waals surface area (Å²) in [6.45, 7) is 4.53. The molecule has 1 aliphatic heterocycles. The summed E-state index contributed by atoms with van der Waals surface area (Å²) in [5, 5.41) is 4.59. The van der Waals surface area contributed by atoms with Gasteiger partial charge in [-0.25, -0.2) is 21.8 Å². The zero-order valence-electron chi connectivity index (χ0n) is 20.0. The predicted molar refractivity (Wildman–Crippen MR) is 130 cm³/mol. The zero-order chi connectivity index (χ0) is 24.2. The highest BCUT2D eigenvalue weighted by Crippen LogP contribution is 2.47. The standard InChI is InChI=1S/C25H34FN3O4S/c1-3-4-15-34(30,31)28-11-9-21-16-24-20(17-25(21,19-28)10-12-33-14-13-32-2)18-27-29(24)23-7-5-22(26)6-8-23/h5-8,16,18H,3-4,9-15,17,19H2,1-2H3/t25-/m1/s1. The number of piperidine rings is 1. The van der Waals surface area contributed by atoms with Crippen molar-refractivity contribution in [1.82, 2.24) is 14.1 Å². The van der Waals surface area contributed by atoms with Crippen LogP contribution in [0.2, 0.25) is 0 Å². The Morgan fingerprint density at radius 2 is 1.97 bits per heavy atom. The monoisotopic (exact) mass is 491 g/mol. The lowest BCUT2D eigenvalue weighted by Crippen LogP contribution is -2.50. The molecule has 2 heterocycles. The smallest absolute Gasteiger partial charge is 0.214 e. The molecule has 0 bridgehead atoms. The highest BCUT2D eigenvalue weighted by molar-refractivity contribution is 7.89. The fraction of sp³-hybridized carbons (Fsp3) is 0.560. The minimum Gasteiger partial charge on any atom is -0.382 e. The van der Waals surface area contributed by atoms with E-state index < -0.39 is 10.0 Å². The summed E-state index contributed by atoms with van der Waals surface area (Å²) in [6, 6.07) is 6.30. The molecule has 0 N–H and O–H groups in total. The topological polar surface area (TPSA) is 73.7 Å². The van der Waals surface area contributed by atoms with Gasteiger partial charge in [0, 0.05) is 32.2 Å². The number of benzene rings is 1. The van der Waals surface area contributed by atoms with Crippen molar-refractivity contribution in [2.75, 3.05) is 45.8 Å². The van der Waals surface area contributed by atoms with Crippen molar-refractivity contribution >= 4 is 16.1 Å². The maximum Gasteiger partial charge on any atom is 0.214 e. The van der Waals surface area contributed by atoms with Gasteiger partial charge in [-0.05, 0) is 61.6 Å². The molecular formula is C25H34FN3O4S. The average molecular weight is 492 g/mol. The summed E-state index contributed by atoms with van der Waals surface area (Å²) < 4.78 is 53.9. The third-order valence-corrected chi connectivity index (χ3v) is 8.80. The van der Waals surface area contributed by atoms with Crippen molar-refractivity contribution in [3.8, 4) is 5.69 Å². The van der Waals surface area contributed by atoms with Crippen LogP contribution in [0.3, 0.4) is 0 Å². The van der Waals surface area contributed by atoms with Gasteiger partial charge in [0.15, 0.2) is 0 Å². The molecule has 4 rings (SSSR count). The van der Waals surface area contributed by atoms with E-state index in [2.05, 4.69) is 11.2 Å². The lowest BCUT2D eigenvalue weighted by Gasteiger charge is -2.46. The van der Waals surface area contributed by atoms with Crippen LogP contribution in [-0.2, 0) is 25.9 Å². The van der Waals surface area contributed by atoms with E-state index in [1.54, 1.807) is 23.5 Å². The average Bonchev–Trinajstić information content (AvgIpc) is 3.23. The Morgan fingerprint density at radius 3 is 2.71 bits per heavy atom. The molecule has 1 aliphatic carbocycles. The minimum atomic E-state index is -3.30. The number of halogens is 1. The van der Waals surface area contributed by atoms with Crippen LogP contribution in [0.15, 0.2) is 36.0 Å². The largest absolute Gasteiger partial charge is 0.382 e. The maximum absolute atomic E-state index is 13.4. The molecule has 0 radical (unpaired) electrons. The molecule has 1 aromatic carbocycles. The van der Waals surface area contributed by atoms with E-state index in [1.165, 1.54) is 17.7 Å². The molecule has 34 heavy (non-hydrogen) atoms. The quantitative estimate of drug-likeness (QED) is 0.447. The van der Waals surface area contributed by atoms with Crippen molar-refractivity contribution in [3.63, 3.8) is 0 Å². The van der Waals surface area contributed by atoms with Gasteiger partial charge in [0.25, 0.3) is 0 Å². The molecule has 1 aromatic heterocycles. The molecule has 1 fully saturated rings. The van der Waals surface area contributed by atoms with Gasteiger partial charge in [0.2, 0.25) is 10.0 Å². The van der Waals surface area contributed by atoms with Crippen LogP contribution in [0.5, 0.6) is 0 Å². The highest BCUT2D eigenvalue weighted by atomic mass is 32.2. The number of sulfonamides is 1. The van der Waals surface area contributed by atoms with Crippen molar-refractivity contribution in [2.24, 2.45) is 5.41 Å². The van der Waals surface area contributed by atoms with Crippen molar-refractivity contribution < 1.29 is 22.3 Å². The van der Waals surface area contributed by atoms with Crippen LogP contribution in [0, 0.1) is 11.2 Å². The molecule has 0 unspecified atom stereocenters. The van der Waals surface area contributed by atoms with Crippen LogP contribution in [0.25, 0.3) is 11.8 Å². The van der Waals surface area contributed by atoms with Crippen LogP contribution in [0.4, 0.5) is 4.39 Å². The van der Waals surface area contributed by atoms with E-state index in [0.29, 0.717) is 52.2 Å². The molecule has 7 nitrogen and oxygen atoms in total. The normalized spacial score (nSPS) is 20.6. The Bertz CT molecular complexity index is 1110. The first-order chi connectivity index (χ1) is 16.4. The fourth-order valence-corrected chi connectivity index (χ4v) is 6.68. The third-order valence-electron chi connectivity index (χ3n) is 6.89. The first-order valence-electron chi connectivity index (χ1n) is 12.0. The summed E-state index contributed by atoms with van der Waals surface area (Å²) >= 11 is 0. The Morgan fingerprint density at radius 1 is 1.18 bits per heavy atom. The van der Waals surface area contributed by atoms with Crippen LogP contribution >= 0.6 is 0 Å². The molecule has 2 aliphatic rings. The van der Waals surface area contributed by atoms with Crippen molar-refractivity contribution in [3.05, 3.63) is 53.1 Å².